The second-order valence-electron chi connectivity index (χ2n) is 6.11. The molecule has 3 nitrogen and oxygen atoms in total. The number of hydrogen-bond acceptors (Lipinski definition) is 3. The molecule has 3 unspecified atom stereocenters. The van der Waals surface area contributed by atoms with Gasteiger partial charge in [0.15, 0.2) is 0 Å². The van der Waals surface area contributed by atoms with Gasteiger partial charge < -0.3 is 5.32 Å². The molecule has 3 atom stereocenters. The monoisotopic (exact) mass is 313 g/mol. The Balaban J connectivity index is 2.06. The lowest BCUT2D eigenvalue weighted by Crippen LogP contribution is -2.40. The smallest absolute Gasteiger partial charge is 0.150 e. The van der Waals surface area contributed by atoms with Crippen LogP contribution in [0.4, 0.5) is 4.39 Å². The number of hydrogen-bond donors (Lipinski definition) is 1. The molecule has 1 aromatic rings. The second-order valence-corrected chi connectivity index (χ2v) is 8.43. The molecule has 1 fully saturated rings. The highest BCUT2D eigenvalue weighted by Crippen LogP contribution is 2.31. The molecule has 5 heteroatoms. The van der Waals surface area contributed by atoms with E-state index in [1.807, 2.05) is 13.1 Å². The number of benzene rings is 1. The van der Waals surface area contributed by atoms with Gasteiger partial charge in [-0.15, -0.1) is 0 Å². The first-order chi connectivity index (χ1) is 9.90. The minimum absolute atomic E-state index is 0.191. The third kappa shape index (κ3) is 4.51. The van der Waals surface area contributed by atoms with Crippen molar-refractivity contribution in [1.82, 2.24) is 5.32 Å². The van der Waals surface area contributed by atoms with E-state index in [1.165, 1.54) is 12.3 Å². The number of sulfone groups is 1. The summed E-state index contributed by atoms with van der Waals surface area (Å²) < 4.78 is 36.8. The van der Waals surface area contributed by atoms with Crippen LogP contribution in [0.25, 0.3) is 0 Å². The van der Waals surface area contributed by atoms with Gasteiger partial charge in [0, 0.05) is 12.3 Å². The van der Waals surface area contributed by atoms with Crippen LogP contribution in [0, 0.1) is 11.7 Å². The van der Waals surface area contributed by atoms with E-state index in [0.717, 1.165) is 31.2 Å². The first-order valence-corrected chi connectivity index (χ1v) is 9.46. The van der Waals surface area contributed by atoms with Gasteiger partial charge in [-0.3, -0.25) is 0 Å². The van der Waals surface area contributed by atoms with Gasteiger partial charge in [0.1, 0.15) is 15.7 Å². The quantitative estimate of drug-likeness (QED) is 0.909. The SMILES string of the molecule is CNC(Cc1cccc(F)c1)C1CCCC(S(C)(=O)=O)C1. The van der Waals surface area contributed by atoms with Crippen molar-refractivity contribution in [2.24, 2.45) is 5.92 Å². The molecule has 0 radical (unpaired) electrons. The fourth-order valence-corrected chi connectivity index (χ4v) is 4.55. The van der Waals surface area contributed by atoms with Gasteiger partial charge in [-0.25, -0.2) is 12.8 Å². The third-order valence-corrected chi connectivity index (χ3v) is 6.20. The fourth-order valence-electron chi connectivity index (χ4n) is 3.36. The molecule has 118 valence electrons. The molecule has 0 aliphatic heterocycles. The highest BCUT2D eigenvalue weighted by molar-refractivity contribution is 7.91. The van der Waals surface area contributed by atoms with E-state index in [2.05, 4.69) is 5.32 Å². The van der Waals surface area contributed by atoms with Gasteiger partial charge in [-0.2, -0.15) is 0 Å². The Bertz CT molecular complexity index is 573. The summed E-state index contributed by atoms with van der Waals surface area (Å²) in [7, 11) is -1.07. The average Bonchev–Trinajstić information content (AvgIpc) is 2.44. The maximum absolute atomic E-state index is 13.3. The molecule has 0 aromatic heterocycles. The Labute approximate surface area is 126 Å². The normalized spacial score (nSPS) is 24.7. The van der Waals surface area contributed by atoms with Crippen LogP contribution in [0.5, 0.6) is 0 Å². The summed E-state index contributed by atoms with van der Waals surface area (Å²) in [5, 5.41) is 3.07. The Morgan fingerprint density at radius 1 is 1.38 bits per heavy atom. The van der Waals surface area contributed by atoms with Crippen LogP contribution in [-0.4, -0.2) is 33.0 Å². The first-order valence-electron chi connectivity index (χ1n) is 7.50. The van der Waals surface area contributed by atoms with Crippen molar-refractivity contribution >= 4 is 9.84 Å². The Morgan fingerprint density at radius 3 is 2.76 bits per heavy atom. The van der Waals surface area contributed by atoms with Crippen molar-refractivity contribution in [3.63, 3.8) is 0 Å². The van der Waals surface area contributed by atoms with Crippen molar-refractivity contribution in [3.05, 3.63) is 35.6 Å². The number of rotatable bonds is 5. The maximum atomic E-state index is 13.3. The minimum atomic E-state index is -2.97. The topological polar surface area (TPSA) is 46.2 Å². The van der Waals surface area contributed by atoms with Crippen molar-refractivity contribution in [2.45, 2.75) is 43.4 Å². The lowest BCUT2D eigenvalue weighted by Gasteiger charge is -2.34. The zero-order valence-electron chi connectivity index (χ0n) is 12.7. The van der Waals surface area contributed by atoms with Gasteiger partial charge in [0.25, 0.3) is 0 Å². The molecule has 1 aliphatic carbocycles. The van der Waals surface area contributed by atoms with Gasteiger partial charge in [0.05, 0.1) is 5.25 Å². The van der Waals surface area contributed by atoms with Crippen molar-refractivity contribution in [3.8, 4) is 0 Å². The zero-order valence-corrected chi connectivity index (χ0v) is 13.5. The van der Waals surface area contributed by atoms with E-state index in [1.54, 1.807) is 12.1 Å². The molecule has 0 amide bonds. The number of nitrogens with one attached hydrogen (secondary N) is 1. The van der Waals surface area contributed by atoms with Crippen LogP contribution in [0.2, 0.25) is 0 Å². The highest BCUT2D eigenvalue weighted by Gasteiger charge is 2.32. The molecule has 1 N–H and O–H groups in total. The van der Waals surface area contributed by atoms with Crippen molar-refractivity contribution in [2.75, 3.05) is 13.3 Å². The van der Waals surface area contributed by atoms with Crippen LogP contribution in [0.3, 0.4) is 0 Å². The molecule has 1 aliphatic rings. The second kappa shape index (κ2) is 6.88. The van der Waals surface area contributed by atoms with E-state index in [9.17, 15) is 12.8 Å². The summed E-state index contributed by atoms with van der Waals surface area (Å²) >= 11 is 0. The fraction of sp³-hybridized carbons (Fsp3) is 0.625. The maximum Gasteiger partial charge on any atom is 0.150 e. The zero-order chi connectivity index (χ0) is 15.5. The van der Waals surface area contributed by atoms with Crippen LogP contribution in [0.1, 0.15) is 31.2 Å². The summed E-state index contributed by atoms with van der Waals surface area (Å²) in [6, 6.07) is 6.83. The predicted octanol–water partition coefficient (Wildman–Crippen LogP) is 2.56. The highest BCUT2D eigenvalue weighted by atomic mass is 32.2. The van der Waals surface area contributed by atoms with Crippen LogP contribution in [-0.2, 0) is 16.3 Å². The molecule has 1 aromatic carbocycles. The average molecular weight is 313 g/mol. The Kier molecular flexibility index (Phi) is 5.38. The summed E-state index contributed by atoms with van der Waals surface area (Å²) in [4.78, 5) is 0. The molecular weight excluding hydrogens is 289 g/mol. The largest absolute Gasteiger partial charge is 0.316 e. The summed E-state index contributed by atoms with van der Waals surface area (Å²) in [6.45, 7) is 0. The predicted molar refractivity (Wildman–Crippen MR) is 83.5 cm³/mol. The molecule has 0 bridgehead atoms. The van der Waals surface area contributed by atoms with Crippen LogP contribution in [0.15, 0.2) is 24.3 Å². The molecule has 0 heterocycles. The molecular formula is C16H24FNO2S. The van der Waals surface area contributed by atoms with Gasteiger partial charge in [-0.1, -0.05) is 18.6 Å². The van der Waals surface area contributed by atoms with E-state index in [0.29, 0.717) is 12.3 Å². The first kappa shape index (κ1) is 16.4. The lowest BCUT2D eigenvalue weighted by molar-refractivity contribution is 0.277. The molecule has 2 rings (SSSR count). The Hall–Kier alpha value is -0.940. The number of likely N-dealkylation sites (N-methyl/N-ethyl adjacent to an activating group) is 1. The summed E-state index contributed by atoms with van der Waals surface area (Å²) in [6.07, 6.45) is 5.53. The minimum Gasteiger partial charge on any atom is -0.316 e. The van der Waals surface area contributed by atoms with Crippen LogP contribution >= 0.6 is 0 Å². The van der Waals surface area contributed by atoms with Gasteiger partial charge in [-0.05, 0) is 56.3 Å². The van der Waals surface area contributed by atoms with E-state index >= 15 is 0 Å². The third-order valence-electron chi connectivity index (χ3n) is 4.56. The molecule has 0 saturated heterocycles. The molecule has 21 heavy (non-hydrogen) atoms. The van der Waals surface area contributed by atoms with E-state index < -0.39 is 9.84 Å². The summed E-state index contributed by atoms with van der Waals surface area (Å²) in [5.41, 5.74) is 0.954. The standard InChI is InChI=1S/C16H24FNO2S/c1-18-16(10-12-5-3-7-14(17)9-12)13-6-4-8-15(11-13)21(2,19)20/h3,5,7,9,13,15-16,18H,4,6,8,10-11H2,1-2H3. The van der Waals surface area contributed by atoms with Crippen molar-refractivity contribution < 1.29 is 12.8 Å². The molecule has 1 saturated carbocycles. The van der Waals surface area contributed by atoms with Crippen molar-refractivity contribution in [1.29, 1.82) is 0 Å². The molecule has 0 spiro atoms. The number of halogens is 1. The van der Waals surface area contributed by atoms with E-state index in [-0.39, 0.29) is 17.1 Å². The van der Waals surface area contributed by atoms with Gasteiger partial charge >= 0.3 is 0 Å². The summed E-state index contributed by atoms with van der Waals surface area (Å²) in [5.74, 6) is 0.103. The van der Waals surface area contributed by atoms with Crippen LogP contribution < -0.4 is 5.32 Å². The van der Waals surface area contributed by atoms with E-state index in [4.69, 9.17) is 0 Å². The Morgan fingerprint density at radius 2 is 2.14 bits per heavy atom. The lowest BCUT2D eigenvalue weighted by atomic mass is 9.81. The van der Waals surface area contributed by atoms with Gasteiger partial charge in [0.2, 0.25) is 0 Å².